The molecule has 0 aliphatic rings. The molecule has 6 nitrogen and oxygen atoms in total. The van der Waals surface area contributed by atoms with Crippen LogP contribution in [0, 0.1) is 17.1 Å². The summed E-state index contributed by atoms with van der Waals surface area (Å²) in [5.41, 5.74) is 0.856. The Kier molecular flexibility index (Phi) is 6.49. The van der Waals surface area contributed by atoms with E-state index in [2.05, 4.69) is 15.2 Å². The molecule has 0 aliphatic carbocycles. The van der Waals surface area contributed by atoms with Crippen molar-refractivity contribution >= 4 is 46.4 Å². The zero-order valence-corrected chi connectivity index (χ0v) is 18.8. The highest BCUT2D eigenvalue weighted by molar-refractivity contribution is 6.34. The monoisotopic (exact) mass is 508 g/mol. The molecule has 11 heteroatoms. The van der Waals surface area contributed by atoms with Gasteiger partial charge < -0.3 is 9.15 Å². The third-order valence-corrected chi connectivity index (χ3v) is 5.23. The van der Waals surface area contributed by atoms with Crippen LogP contribution in [0.5, 0.6) is 11.5 Å². The molecule has 0 amide bonds. The van der Waals surface area contributed by atoms with Crippen LogP contribution in [0.2, 0.25) is 20.2 Å². The minimum Gasteiger partial charge on any atom is -0.453 e. The first kappa shape index (κ1) is 22.3. The maximum Gasteiger partial charge on any atom is 0.249 e. The van der Waals surface area contributed by atoms with Crippen molar-refractivity contribution in [3.63, 3.8) is 0 Å². The van der Waals surface area contributed by atoms with Gasteiger partial charge in [0.25, 0.3) is 0 Å². The Labute approximate surface area is 201 Å². The van der Waals surface area contributed by atoms with Crippen molar-refractivity contribution in [2.45, 2.75) is 6.42 Å². The summed E-state index contributed by atoms with van der Waals surface area (Å²) >= 11 is 24.1. The first-order valence-corrected chi connectivity index (χ1v) is 10.3. The highest BCUT2D eigenvalue weighted by atomic mass is 35.5. The SMILES string of the molecule is N#Cc1cc(Cl)cc(Oc2c(Cl)ccc(Cc3nnc(-c4cc(Cl)ncc4Cl)o3)c2F)c1. The summed E-state index contributed by atoms with van der Waals surface area (Å²) in [4.78, 5) is 3.86. The minimum atomic E-state index is -0.722. The number of ether oxygens (including phenoxy) is 1. The standard InChI is InChI=1S/C21H9Cl4FN4O2/c22-12-3-10(8-27)4-13(6-12)31-20-15(23)2-1-11(19(20)26)5-18-29-30-21(32-18)14-7-17(25)28-9-16(14)24/h1-4,6-7,9H,5H2. The summed E-state index contributed by atoms with van der Waals surface area (Å²) in [5, 5.41) is 17.7. The molecule has 2 aromatic heterocycles. The summed E-state index contributed by atoms with van der Waals surface area (Å²) in [7, 11) is 0. The number of nitriles is 1. The Balaban J connectivity index is 1.63. The van der Waals surface area contributed by atoms with E-state index in [1.165, 1.54) is 42.6 Å². The number of pyridine rings is 1. The second kappa shape index (κ2) is 9.31. The van der Waals surface area contributed by atoms with Gasteiger partial charge in [-0.25, -0.2) is 9.37 Å². The van der Waals surface area contributed by atoms with Gasteiger partial charge >= 0.3 is 0 Å². The predicted molar refractivity (Wildman–Crippen MR) is 118 cm³/mol. The van der Waals surface area contributed by atoms with E-state index in [-0.39, 0.29) is 61.0 Å². The molecule has 32 heavy (non-hydrogen) atoms. The lowest BCUT2D eigenvalue weighted by atomic mass is 10.1. The highest BCUT2D eigenvalue weighted by Gasteiger charge is 2.19. The molecular formula is C21H9Cl4FN4O2. The van der Waals surface area contributed by atoms with E-state index in [0.29, 0.717) is 5.56 Å². The van der Waals surface area contributed by atoms with Crippen LogP contribution in [0.25, 0.3) is 11.5 Å². The number of benzene rings is 2. The number of aromatic nitrogens is 3. The molecular weight excluding hydrogens is 501 g/mol. The van der Waals surface area contributed by atoms with Crippen molar-refractivity contribution in [2.24, 2.45) is 0 Å². The van der Waals surface area contributed by atoms with E-state index < -0.39 is 5.82 Å². The Morgan fingerprint density at radius 1 is 1.03 bits per heavy atom. The predicted octanol–water partition coefficient (Wildman–Crippen LogP) is 7.14. The largest absolute Gasteiger partial charge is 0.453 e. The van der Waals surface area contributed by atoms with Crippen LogP contribution >= 0.6 is 46.4 Å². The summed E-state index contributed by atoms with van der Waals surface area (Å²) in [5.74, 6) is -0.537. The lowest BCUT2D eigenvalue weighted by Gasteiger charge is -2.11. The number of halogens is 5. The zero-order chi connectivity index (χ0) is 22.8. The molecule has 0 atom stereocenters. The van der Waals surface area contributed by atoms with Gasteiger partial charge in [0.1, 0.15) is 10.9 Å². The second-order valence-electron chi connectivity index (χ2n) is 6.40. The molecule has 0 N–H and O–H groups in total. The molecule has 0 radical (unpaired) electrons. The number of hydrogen-bond acceptors (Lipinski definition) is 6. The van der Waals surface area contributed by atoms with Gasteiger partial charge in [-0.15, -0.1) is 10.2 Å². The van der Waals surface area contributed by atoms with Crippen molar-refractivity contribution in [3.05, 3.63) is 85.7 Å². The maximum atomic E-state index is 15.2. The summed E-state index contributed by atoms with van der Waals surface area (Å²) in [6.45, 7) is 0. The summed E-state index contributed by atoms with van der Waals surface area (Å²) in [6, 6.07) is 10.7. The fourth-order valence-electron chi connectivity index (χ4n) is 2.78. The molecule has 2 heterocycles. The zero-order valence-electron chi connectivity index (χ0n) is 15.7. The molecule has 0 fully saturated rings. The van der Waals surface area contributed by atoms with Gasteiger partial charge in [0, 0.05) is 16.8 Å². The Hall–Kier alpha value is -2.89. The van der Waals surface area contributed by atoms with Gasteiger partial charge in [-0.05, 0) is 30.3 Å². The van der Waals surface area contributed by atoms with Crippen molar-refractivity contribution in [3.8, 4) is 29.0 Å². The molecule has 4 rings (SSSR count). The van der Waals surface area contributed by atoms with Crippen molar-refractivity contribution in [2.75, 3.05) is 0 Å². The number of hydrogen-bond donors (Lipinski definition) is 0. The number of nitrogens with zero attached hydrogens (tertiary/aromatic N) is 4. The van der Waals surface area contributed by atoms with Gasteiger partial charge in [0.2, 0.25) is 11.8 Å². The Morgan fingerprint density at radius 3 is 2.62 bits per heavy atom. The van der Waals surface area contributed by atoms with Crippen molar-refractivity contribution in [1.29, 1.82) is 5.26 Å². The lowest BCUT2D eigenvalue weighted by molar-refractivity contribution is 0.437. The van der Waals surface area contributed by atoms with Crippen LogP contribution < -0.4 is 4.74 Å². The quantitative estimate of drug-likeness (QED) is 0.266. The fourth-order valence-corrected chi connectivity index (χ4v) is 3.53. The van der Waals surface area contributed by atoms with Gasteiger partial charge in [-0.2, -0.15) is 5.26 Å². The summed E-state index contributed by atoms with van der Waals surface area (Å²) < 4.78 is 26.4. The molecule has 2 aromatic carbocycles. The lowest BCUT2D eigenvalue weighted by Crippen LogP contribution is -1.98. The van der Waals surface area contributed by atoms with Crippen LogP contribution in [0.1, 0.15) is 17.0 Å². The van der Waals surface area contributed by atoms with Crippen LogP contribution in [-0.2, 0) is 6.42 Å². The highest BCUT2D eigenvalue weighted by Crippen LogP contribution is 2.36. The van der Waals surface area contributed by atoms with Gasteiger partial charge in [-0.3, -0.25) is 0 Å². The Morgan fingerprint density at radius 2 is 1.84 bits per heavy atom. The third kappa shape index (κ3) is 4.79. The van der Waals surface area contributed by atoms with E-state index in [0.717, 1.165) is 0 Å². The van der Waals surface area contributed by atoms with Gasteiger partial charge in [0.05, 0.1) is 33.7 Å². The first-order chi connectivity index (χ1) is 15.3. The molecule has 0 unspecified atom stereocenters. The summed E-state index contributed by atoms with van der Waals surface area (Å²) in [6.07, 6.45) is 1.32. The molecule has 0 bridgehead atoms. The van der Waals surface area contributed by atoms with Crippen LogP contribution in [0.4, 0.5) is 4.39 Å². The smallest absolute Gasteiger partial charge is 0.249 e. The minimum absolute atomic E-state index is 0.0363. The van der Waals surface area contributed by atoms with E-state index >= 15 is 4.39 Å². The maximum absolute atomic E-state index is 15.2. The molecule has 0 saturated heterocycles. The van der Waals surface area contributed by atoms with E-state index in [4.69, 9.17) is 60.8 Å². The average molecular weight is 510 g/mol. The van der Waals surface area contributed by atoms with E-state index in [1.807, 2.05) is 6.07 Å². The first-order valence-electron chi connectivity index (χ1n) is 8.83. The molecule has 0 saturated carbocycles. The molecule has 4 aromatic rings. The second-order valence-corrected chi connectivity index (χ2v) is 8.04. The van der Waals surface area contributed by atoms with Crippen LogP contribution in [-0.4, -0.2) is 15.2 Å². The van der Waals surface area contributed by atoms with E-state index in [1.54, 1.807) is 0 Å². The van der Waals surface area contributed by atoms with Crippen molar-refractivity contribution < 1.29 is 13.5 Å². The van der Waals surface area contributed by atoms with Gasteiger partial charge in [-0.1, -0.05) is 52.5 Å². The normalized spacial score (nSPS) is 10.8. The molecule has 160 valence electrons. The van der Waals surface area contributed by atoms with Crippen LogP contribution in [0.3, 0.4) is 0 Å². The average Bonchev–Trinajstić information content (AvgIpc) is 3.23. The van der Waals surface area contributed by atoms with Crippen molar-refractivity contribution in [1.82, 2.24) is 15.2 Å². The number of rotatable bonds is 5. The fraction of sp³-hybridized carbons (Fsp3) is 0.0476. The van der Waals surface area contributed by atoms with E-state index in [9.17, 15) is 0 Å². The third-order valence-electron chi connectivity index (χ3n) is 4.21. The molecule has 0 aliphatic heterocycles. The van der Waals surface area contributed by atoms with Crippen LogP contribution in [0.15, 0.2) is 47.0 Å². The Bertz CT molecular complexity index is 1370. The molecule has 0 spiro atoms. The topological polar surface area (TPSA) is 84.8 Å². The van der Waals surface area contributed by atoms with Gasteiger partial charge in [0.15, 0.2) is 11.6 Å².